The van der Waals surface area contributed by atoms with Crippen LogP contribution in [0.1, 0.15) is 39.6 Å². The van der Waals surface area contributed by atoms with E-state index in [9.17, 15) is 4.79 Å². The van der Waals surface area contributed by atoms with Crippen molar-refractivity contribution < 1.29 is 14.1 Å². The third-order valence-corrected chi connectivity index (χ3v) is 5.45. The second kappa shape index (κ2) is 9.75. The summed E-state index contributed by atoms with van der Waals surface area (Å²) in [4.78, 5) is 21.8. The number of nitrogens with zero attached hydrogens (tertiary/aromatic N) is 4. The molecule has 1 aromatic heterocycles. The number of amides is 1. The first kappa shape index (κ1) is 21.1. The highest BCUT2D eigenvalue weighted by molar-refractivity contribution is 5.97. The molecule has 1 aliphatic heterocycles. The van der Waals surface area contributed by atoms with E-state index in [0.29, 0.717) is 29.6 Å². The normalized spacial score (nSPS) is 15.0. The summed E-state index contributed by atoms with van der Waals surface area (Å²) >= 11 is 0. The van der Waals surface area contributed by atoms with E-state index >= 15 is 0 Å². The van der Waals surface area contributed by atoms with Gasteiger partial charge in [-0.3, -0.25) is 9.69 Å². The van der Waals surface area contributed by atoms with Gasteiger partial charge in [0.25, 0.3) is 5.91 Å². The molecule has 162 valence electrons. The molecule has 0 atom stereocenters. The predicted molar refractivity (Wildman–Crippen MR) is 117 cm³/mol. The Morgan fingerprint density at radius 2 is 1.84 bits per heavy atom. The number of ether oxygens (including phenoxy) is 1. The maximum atomic E-state index is 13.3. The summed E-state index contributed by atoms with van der Waals surface area (Å²) in [7, 11) is 0. The summed E-state index contributed by atoms with van der Waals surface area (Å²) in [5, 5.41) is 3.84. The fraction of sp³-hybridized carbons (Fsp3) is 0.375. The summed E-state index contributed by atoms with van der Waals surface area (Å²) in [6.07, 6.45) is 0.947. The van der Waals surface area contributed by atoms with Crippen molar-refractivity contribution >= 4 is 5.91 Å². The van der Waals surface area contributed by atoms with Gasteiger partial charge in [0.2, 0.25) is 11.7 Å². The molecule has 0 radical (unpaired) electrons. The summed E-state index contributed by atoms with van der Waals surface area (Å²) in [5.41, 5.74) is 3.14. The Morgan fingerprint density at radius 3 is 2.61 bits per heavy atom. The van der Waals surface area contributed by atoms with Gasteiger partial charge in [-0.15, -0.1) is 0 Å². The standard InChI is InChI=1S/C24H28N4O3/c1-18-8-10-20(11-9-18)16-27-12-5-13-28(15-14-27)24(29)21-6-3-4-7-22(21)30-17-23-25-19(2)31-26-23/h3-4,6-11H,5,12-17H2,1-2H3. The number of hydrogen-bond donors (Lipinski definition) is 0. The van der Waals surface area contributed by atoms with Gasteiger partial charge < -0.3 is 14.2 Å². The van der Waals surface area contributed by atoms with Crippen molar-refractivity contribution in [2.45, 2.75) is 33.4 Å². The van der Waals surface area contributed by atoms with Crippen molar-refractivity contribution in [1.29, 1.82) is 0 Å². The Bertz CT molecular complexity index is 1020. The molecule has 4 rings (SSSR count). The molecule has 1 saturated heterocycles. The first-order valence-electron chi connectivity index (χ1n) is 10.7. The number of rotatable bonds is 6. The molecule has 31 heavy (non-hydrogen) atoms. The van der Waals surface area contributed by atoms with Gasteiger partial charge in [-0.25, -0.2) is 0 Å². The van der Waals surface area contributed by atoms with Crippen molar-refractivity contribution in [1.82, 2.24) is 19.9 Å². The molecule has 0 bridgehead atoms. The molecule has 2 heterocycles. The molecule has 0 saturated carbocycles. The number of aryl methyl sites for hydroxylation is 2. The lowest BCUT2D eigenvalue weighted by Gasteiger charge is -2.23. The summed E-state index contributed by atoms with van der Waals surface area (Å²) in [5.74, 6) is 1.48. The molecule has 1 aliphatic rings. The van der Waals surface area contributed by atoms with Gasteiger partial charge in [-0.2, -0.15) is 4.98 Å². The lowest BCUT2D eigenvalue weighted by molar-refractivity contribution is 0.0756. The third kappa shape index (κ3) is 5.49. The highest BCUT2D eigenvalue weighted by Gasteiger charge is 2.23. The van der Waals surface area contributed by atoms with Gasteiger partial charge in [-0.1, -0.05) is 47.1 Å². The molecule has 0 unspecified atom stereocenters. The zero-order valence-electron chi connectivity index (χ0n) is 18.1. The van der Waals surface area contributed by atoms with E-state index in [1.807, 2.05) is 29.2 Å². The van der Waals surface area contributed by atoms with Crippen LogP contribution in [0.2, 0.25) is 0 Å². The topological polar surface area (TPSA) is 71.7 Å². The SMILES string of the molecule is Cc1ccc(CN2CCCN(C(=O)c3ccccc3OCc3noc(C)n3)CC2)cc1. The molecule has 3 aromatic rings. The van der Waals surface area contributed by atoms with E-state index in [4.69, 9.17) is 9.26 Å². The van der Waals surface area contributed by atoms with Crippen molar-refractivity contribution in [3.05, 3.63) is 76.9 Å². The Morgan fingerprint density at radius 1 is 1.03 bits per heavy atom. The lowest BCUT2D eigenvalue weighted by atomic mass is 10.1. The van der Waals surface area contributed by atoms with Gasteiger partial charge in [0, 0.05) is 39.6 Å². The Balaban J connectivity index is 1.38. The first-order chi connectivity index (χ1) is 15.1. The number of carbonyl (C=O) groups excluding carboxylic acids is 1. The number of aromatic nitrogens is 2. The van der Waals surface area contributed by atoms with Crippen LogP contribution < -0.4 is 4.74 Å². The second-order valence-corrected chi connectivity index (χ2v) is 7.92. The summed E-state index contributed by atoms with van der Waals surface area (Å²) < 4.78 is 10.8. The molecule has 7 heteroatoms. The van der Waals surface area contributed by atoms with Crippen LogP contribution in [0.15, 0.2) is 53.1 Å². The smallest absolute Gasteiger partial charge is 0.257 e. The van der Waals surface area contributed by atoms with Crippen LogP contribution in [-0.2, 0) is 13.2 Å². The van der Waals surface area contributed by atoms with Crippen molar-refractivity contribution in [2.75, 3.05) is 26.2 Å². The zero-order valence-corrected chi connectivity index (χ0v) is 18.1. The summed E-state index contributed by atoms with van der Waals surface area (Å²) in [6.45, 7) is 8.17. The predicted octanol–water partition coefficient (Wildman–Crippen LogP) is 3.61. The van der Waals surface area contributed by atoms with Crippen LogP contribution in [0.25, 0.3) is 0 Å². The van der Waals surface area contributed by atoms with Gasteiger partial charge in [0.1, 0.15) is 5.75 Å². The molecule has 0 N–H and O–H groups in total. The van der Waals surface area contributed by atoms with E-state index in [2.05, 4.69) is 46.2 Å². The van der Waals surface area contributed by atoms with Crippen LogP contribution in [0.4, 0.5) is 0 Å². The fourth-order valence-electron chi connectivity index (χ4n) is 3.77. The molecule has 1 fully saturated rings. The van der Waals surface area contributed by atoms with Gasteiger partial charge in [0.05, 0.1) is 5.56 Å². The van der Waals surface area contributed by atoms with E-state index < -0.39 is 0 Å². The van der Waals surface area contributed by atoms with Gasteiger partial charge in [-0.05, 0) is 31.0 Å². The molecule has 1 amide bonds. The molecule has 0 spiro atoms. The number of hydrogen-bond acceptors (Lipinski definition) is 6. The molecule has 2 aromatic carbocycles. The van der Waals surface area contributed by atoms with E-state index in [1.165, 1.54) is 11.1 Å². The molecular weight excluding hydrogens is 392 g/mol. The van der Waals surface area contributed by atoms with E-state index in [1.54, 1.807) is 6.92 Å². The highest BCUT2D eigenvalue weighted by atomic mass is 16.5. The quantitative estimate of drug-likeness (QED) is 0.607. The Kier molecular flexibility index (Phi) is 6.62. The maximum Gasteiger partial charge on any atom is 0.257 e. The minimum atomic E-state index is -0.00271. The van der Waals surface area contributed by atoms with Crippen molar-refractivity contribution in [3.8, 4) is 5.75 Å². The van der Waals surface area contributed by atoms with Gasteiger partial charge in [0.15, 0.2) is 6.61 Å². The van der Waals surface area contributed by atoms with E-state index in [0.717, 1.165) is 32.6 Å². The summed E-state index contributed by atoms with van der Waals surface area (Å²) in [6, 6.07) is 16.0. The molecule has 0 aliphatic carbocycles. The highest BCUT2D eigenvalue weighted by Crippen LogP contribution is 2.22. The minimum Gasteiger partial charge on any atom is -0.485 e. The van der Waals surface area contributed by atoms with Crippen LogP contribution in [0.3, 0.4) is 0 Å². The maximum absolute atomic E-state index is 13.3. The number of para-hydroxylation sites is 1. The zero-order chi connectivity index (χ0) is 21.6. The Hall–Kier alpha value is -3.19. The molecular formula is C24H28N4O3. The lowest BCUT2D eigenvalue weighted by Crippen LogP contribution is -2.35. The molecule has 7 nitrogen and oxygen atoms in total. The minimum absolute atomic E-state index is 0.00271. The third-order valence-electron chi connectivity index (χ3n) is 5.45. The van der Waals surface area contributed by atoms with Crippen molar-refractivity contribution in [2.24, 2.45) is 0 Å². The van der Waals surface area contributed by atoms with Crippen LogP contribution in [0, 0.1) is 13.8 Å². The fourth-order valence-corrected chi connectivity index (χ4v) is 3.77. The average Bonchev–Trinajstić information content (AvgIpc) is 3.06. The second-order valence-electron chi connectivity index (χ2n) is 7.92. The van der Waals surface area contributed by atoms with Crippen LogP contribution >= 0.6 is 0 Å². The van der Waals surface area contributed by atoms with Crippen LogP contribution in [-0.4, -0.2) is 52.0 Å². The first-order valence-corrected chi connectivity index (χ1v) is 10.7. The van der Waals surface area contributed by atoms with Crippen molar-refractivity contribution in [3.63, 3.8) is 0 Å². The average molecular weight is 421 g/mol. The van der Waals surface area contributed by atoms with Gasteiger partial charge >= 0.3 is 0 Å². The number of benzene rings is 2. The Labute approximate surface area is 182 Å². The monoisotopic (exact) mass is 420 g/mol. The largest absolute Gasteiger partial charge is 0.485 e. The van der Waals surface area contributed by atoms with Crippen LogP contribution in [0.5, 0.6) is 5.75 Å². The van der Waals surface area contributed by atoms with E-state index in [-0.39, 0.29) is 12.5 Å². The number of carbonyl (C=O) groups is 1.